The first-order chi connectivity index (χ1) is 10.5. The highest BCUT2D eigenvalue weighted by molar-refractivity contribution is 5.90. The van der Waals surface area contributed by atoms with Crippen molar-refractivity contribution >= 4 is 28.9 Å². The van der Waals surface area contributed by atoms with Crippen LogP contribution in [0.3, 0.4) is 0 Å². The second-order valence-electron chi connectivity index (χ2n) is 5.16. The first-order valence-electron chi connectivity index (χ1n) is 7.18. The Kier molecular flexibility index (Phi) is 4.93. The summed E-state index contributed by atoms with van der Waals surface area (Å²) in [6.07, 6.45) is 0.466. The minimum Gasteiger partial charge on any atom is -0.363 e. The molecule has 1 amide bonds. The monoisotopic (exact) mass is 299 g/mol. The highest BCUT2D eigenvalue weighted by Crippen LogP contribution is 2.20. The van der Waals surface area contributed by atoms with Crippen LogP contribution in [0.1, 0.15) is 19.2 Å². The van der Waals surface area contributed by atoms with Gasteiger partial charge in [-0.1, -0.05) is 6.92 Å². The van der Waals surface area contributed by atoms with Crippen molar-refractivity contribution in [1.82, 2.24) is 9.97 Å². The van der Waals surface area contributed by atoms with Crippen LogP contribution in [0.15, 0.2) is 30.3 Å². The average molecular weight is 299 g/mol. The van der Waals surface area contributed by atoms with Crippen molar-refractivity contribution in [2.45, 2.75) is 20.3 Å². The van der Waals surface area contributed by atoms with Crippen molar-refractivity contribution in [1.29, 1.82) is 0 Å². The normalized spacial score (nSPS) is 10.2. The van der Waals surface area contributed by atoms with Gasteiger partial charge in [0, 0.05) is 38.0 Å². The van der Waals surface area contributed by atoms with Crippen molar-refractivity contribution in [2.24, 2.45) is 0 Å². The maximum absolute atomic E-state index is 11.3. The highest BCUT2D eigenvalue weighted by atomic mass is 16.1. The number of carbonyl (C=O) groups is 1. The molecule has 0 saturated heterocycles. The third-order valence-corrected chi connectivity index (χ3v) is 3.04. The summed E-state index contributed by atoms with van der Waals surface area (Å²) in [6, 6.07) is 9.41. The molecule has 0 aliphatic carbocycles. The predicted octanol–water partition coefficient (Wildman–Crippen LogP) is 2.94. The van der Waals surface area contributed by atoms with Crippen molar-refractivity contribution in [3.8, 4) is 0 Å². The van der Waals surface area contributed by atoms with E-state index < -0.39 is 0 Å². The number of aromatic nitrogens is 2. The number of nitrogens with zero attached hydrogens (tertiary/aromatic N) is 3. The number of aryl methyl sites for hydroxylation is 1. The van der Waals surface area contributed by atoms with E-state index in [1.807, 2.05) is 63.2 Å². The van der Waals surface area contributed by atoms with Gasteiger partial charge in [-0.2, -0.15) is 0 Å². The van der Waals surface area contributed by atoms with Gasteiger partial charge in [0.2, 0.25) is 5.91 Å². The van der Waals surface area contributed by atoms with Gasteiger partial charge in [0.05, 0.1) is 0 Å². The molecule has 6 nitrogen and oxygen atoms in total. The summed E-state index contributed by atoms with van der Waals surface area (Å²) >= 11 is 0. The molecule has 0 aliphatic rings. The van der Waals surface area contributed by atoms with Gasteiger partial charge in [-0.25, -0.2) is 9.97 Å². The number of rotatable bonds is 5. The van der Waals surface area contributed by atoms with E-state index in [1.165, 1.54) is 0 Å². The van der Waals surface area contributed by atoms with E-state index in [0.717, 1.165) is 23.0 Å². The molecule has 1 aromatic heterocycles. The molecular weight excluding hydrogens is 278 g/mol. The predicted molar refractivity (Wildman–Crippen MR) is 89.7 cm³/mol. The van der Waals surface area contributed by atoms with Crippen LogP contribution in [0, 0.1) is 6.92 Å². The lowest BCUT2D eigenvalue weighted by molar-refractivity contribution is -0.115. The summed E-state index contributed by atoms with van der Waals surface area (Å²) in [5.41, 5.74) is 1.68. The van der Waals surface area contributed by atoms with E-state index in [-0.39, 0.29) is 5.91 Å². The smallest absolute Gasteiger partial charge is 0.224 e. The molecule has 0 atom stereocenters. The van der Waals surface area contributed by atoms with Crippen LogP contribution in [0.5, 0.6) is 0 Å². The molecule has 0 aliphatic heterocycles. The van der Waals surface area contributed by atoms with E-state index in [1.54, 1.807) is 0 Å². The Labute approximate surface area is 130 Å². The zero-order valence-electron chi connectivity index (χ0n) is 13.3. The number of hydrogen-bond donors (Lipinski definition) is 2. The lowest BCUT2D eigenvalue weighted by Gasteiger charge is -2.14. The Hall–Kier alpha value is -2.63. The molecular formula is C16H21N5O. The number of hydrogen-bond acceptors (Lipinski definition) is 5. The Morgan fingerprint density at radius 1 is 1.14 bits per heavy atom. The molecule has 22 heavy (non-hydrogen) atoms. The van der Waals surface area contributed by atoms with Crippen molar-refractivity contribution in [2.75, 3.05) is 29.6 Å². The molecule has 2 aromatic rings. The topological polar surface area (TPSA) is 70.2 Å². The van der Waals surface area contributed by atoms with Crippen molar-refractivity contribution in [3.05, 3.63) is 36.2 Å². The van der Waals surface area contributed by atoms with Crippen LogP contribution < -0.4 is 15.5 Å². The molecule has 0 radical (unpaired) electrons. The summed E-state index contributed by atoms with van der Waals surface area (Å²) in [5.74, 6) is 2.30. The molecule has 1 heterocycles. The van der Waals surface area contributed by atoms with Crippen LogP contribution >= 0.6 is 0 Å². The maximum Gasteiger partial charge on any atom is 0.224 e. The van der Waals surface area contributed by atoms with Gasteiger partial charge in [0.1, 0.15) is 17.5 Å². The minimum atomic E-state index is 0.00255. The molecule has 116 valence electrons. The number of nitrogens with one attached hydrogen (secondary N) is 2. The first kappa shape index (κ1) is 15.8. The number of carbonyl (C=O) groups excluding carboxylic acids is 1. The Bertz CT molecular complexity index is 652. The third-order valence-electron chi connectivity index (χ3n) is 3.04. The Balaban J connectivity index is 2.12. The molecule has 2 N–H and O–H groups in total. The fraction of sp³-hybridized carbons (Fsp3) is 0.312. The fourth-order valence-corrected chi connectivity index (χ4v) is 1.88. The van der Waals surface area contributed by atoms with Crippen LogP contribution in [-0.4, -0.2) is 30.0 Å². The first-order valence-corrected chi connectivity index (χ1v) is 7.18. The van der Waals surface area contributed by atoms with Gasteiger partial charge < -0.3 is 15.5 Å². The van der Waals surface area contributed by atoms with Gasteiger partial charge in [-0.05, 0) is 31.2 Å². The molecule has 6 heteroatoms. The SMILES string of the molecule is CCC(=O)Nc1ccc(Nc2cc(N(C)C)nc(C)n2)cc1. The zero-order chi connectivity index (χ0) is 16.1. The maximum atomic E-state index is 11.3. The molecule has 0 saturated carbocycles. The summed E-state index contributed by atoms with van der Waals surface area (Å²) in [6.45, 7) is 3.69. The molecule has 0 unspecified atom stereocenters. The zero-order valence-corrected chi connectivity index (χ0v) is 13.3. The standard InChI is InChI=1S/C16H21N5O/c1-5-16(22)20-13-8-6-12(7-9-13)19-14-10-15(21(3)4)18-11(2)17-14/h6-10H,5H2,1-4H3,(H,20,22)(H,17,18,19). The van der Waals surface area contributed by atoms with E-state index in [0.29, 0.717) is 12.2 Å². The second kappa shape index (κ2) is 6.89. The fourth-order valence-electron chi connectivity index (χ4n) is 1.88. The van der Waals surface area contributed by atoms with Gasteiger partial charge in [-0.3, -0.25) is 4.79 Å². The lowest BCUT2D eigenvalue weighted by Crippen LogP contribution is -2.12. The summed E-state index contributed by atoms with van der Waals surface area (Å²) < 4.78 is 0. The van der Waals surface area contributed by atoms with Gasteiger partial charge in [0.25, 0.3) is 0 Å². The molecule has 0 bridgehead atoms. The number of amides is 1. The second-order valence-corrected chi connectivity index (χ2v) is 5.16. The summed E-state index contributed by atoms with van der Waals surface area (Å²) in [7, 11) is 3.88. The summed E-state index contributed by atoms with van der Waals surface area (Å²) in [5, 5.41) is 6.06. The van der Waals surface area contributed by atoms with Crippen LogP contribution in [-0.2, 0) is 4.79 Å². The quantitative estimate of drug-likeness (QED) is 0.888. The van der Waals surface area contributed by atoms with Gasteiger partial charge >= 0.3 is 0 Å². The van der Waals surface area contributed by atoms with Crippen LogP contribution in [0.25, 0.3) is 0 Å². The van der Waals surface area contributed by atoms with E-state index in [2.05, 4.69) is 20.6 Å². The highest BCUT2D eigenvalue weighted by Gasteiger charge is 2.04. The number of anilines is 4. The van der Waals surface area contributed by atoms with E-state index in [4.69, 9.17) is 0 Å². The Morgan fingerprint density at radius 3 is 2.36 bits per heavy atom. The lowest BCUT2D eigenvalue weighted by atomic mass is 10.2. The van der Waals surface area contributed by atoms with E-state index in [9.17, 15) is 4.79 Å². The molecule has 1 aromatic carbocycles. The van der Waals surface area contributed by atoms with Gasteiger partial charge in [0.15, 0.2) is 0 Å². The summed E-state index contributed by atoms with van der Waals surface area (Å²) in [4.78, 5) is 22.0. The third kappa shape index (κ3) is 4.18. The van der Waals surface area contributed by atoms with Crippen LogP contribution in [0.4, 0.5) is 23.0 Å². The van der Waals surface area contributed by atoms with Crippen molar-refractivity contribution < 1.29 is 4.79 Å². The Morgan fingerprint density at radius 2 is 1.77 bits per heavy atom. The van der Waals surface area contributed by atoms with Crippen molar-refractivity contribution in [3.63, 3.8) is 0 Å². The van der Waals surface area contributed by atoms with Crippen LogP contribution in [0.2, 0.25) is 0 Å². The molecule has 0 spiro atoms. The molecule has 2 rings (SSSR count). The van der Waals surface area contributed by atoms with Gasteiger partial charge in [-0.15, -0.1) is 0 Å². The minimum absolute atomic E-state index is 0.00255. The largest absolute Gasteiger partial charge is 0.363 e. The van der Waals surface area contributed by atoms with E-state index >= 15 is 0 Å². The number of benzene rings is 1. The average Bonchev–Trinajstić information content (AvgIpc) is 2.48. The molecule has 0 fully saturated rings.